The number of rotatable bonds is 6. The zero-order valence-corrected chi connectivity index (χ0v) is 20.2. The van der Waals surface area contributed by atoms with Crippen LogP contribution in [0.3, 0.4) is 0 Å². The highest BCUT2D eigenvalue weighted by atomic mass is 16.1. The molecule has 1 aliphatic carbocycles. The van der Waals surface area contributed by atoms with E-state index < -0.39 is 0 Å². The summed E-state index contributed by atoms with van der Waals surface area (Å²) >= 11 is 0. The average Bonchev–Trinajstić information content (AvgIpc) is 3.34. The van der Waals surface area contributed by atoms with E-state index in [1.165, 1.54) is 41.2 Å². The maximum Gasteiger partial charge on any atom is 0.129 e. The minimum atomic E-state index is 0.0360. The van der Waals surface area contributed by atoms with Gasteiger partial charge in [-0.25, -0.2) is 0 Å². The summed E-state index contributed by atoms with van der Waals surface area (Å²) in [6, 6.07) is 8.74. The van der Waals surface area contributed by atoms with Gasteiger partial charge < -0.3 is 19.5 Å². The number of hydrogen-bond donors (Lipinski definition) is 2. The lowest BCUT2D eigenvalue weighted by atomic mass is 9.76. The molecule has 0 fully saturated rings. The number of aldehydes is 1. The Bertz CT molecular complexity index is 1090. The Morgan fingerprint density at radius 3 is 2.69 bits per heavy atom. The summed E-state index contributed by atoms with van der Waals surface area (Å²) in [5, 5.41) is 9.13. The molecule has 1 aromatic carbocycles. The zero-order valence-electron chi connectivity index (χ0n) is 20.2. The van der Waals surface area contributed by atoms with Crippen LogP contribution in [0.25, 0.3) is 22.3 Å². The van der Waals surface area contributed by atoms with Crippen molar-refractivity contribution in [1.29, 1.82) is 0 Å². The molecule has 0 saturated heterocycles. The zero-order chi connectivity index (χ0) is 23.5. The predicted molar refractivity (Wildman–Crippen MR) is 131 cm³/mol. The molecule has 3 aromatic rings. The van der Waals surface area contributed by atoms with Crippen LogP contribution in [0, 0.1) is 11.3 Å². The van der Waals surface area contributed by atoms with Gasteiger partial charge in [-0.15, -0.1) is 0 Å². The van der Waals surface area contributed by atoms with E-state index in [4.69, 9.17) is 0 Å². The summed E-state index contributed by atoms with van der Waals surface area (Å²) in [5.41, 5.74) is 7.66. The summed E-state index contributed by atoms with van der Waals surface area (Å²) in [4.78, 5) is 26.0. The number of ketones is 1. The van der Waals surface area contributed by atoms with Crippen LogP contribution in [-0.2, 0) is 22.4 Å². The highest BCUT2D eigenvalue weighted by molar-refractivity contribution is 5.88. The van der Waals surface area contributed by atoms with Gasteiger partial charge in [0.1, 0.15) is 17.8 Å². The molecule has 32 heavy (non-hydrogen) atoms. The standard InChI is InChI=1S/C19H24N4.C7H12O2/c1-19(2)8-7-14-17(11-19)21-22-18(14)16-9-12-5-6-13(23(3)4)10-15(12)20-16;1-6(5-8)3-4-7(2)9/h5-6,9-10,20H,7-8,11H2,1-4H3,(H,21,22);5-6H,3-4H2,1-2H3/t;6-/m.1/s1. The Hall–Kier alpha value is -2.89. The molecule has 0 amide bonds. The number of carbonyl (C=O) groups excluding carboxylic acids is 2. The molecule has 0 saturated carbocycles. The van der Waals surface area contributed by atoms with E-state index in [2.05, 4.69) is 72.3 Å². The van der Waals surface area contributed by atoms with Crippen molar-refractivity contribution in [1.82, 2.24) is 15.2 Å². The number of nitrogens with zero attached hydrogens (tertiary/aromatic N) is 2. The lowest BCUT2D eigenvalue weighted by Gasteiger charge is -2.28. The largest absolute Gasteiger partial charge is 0.378 e. The van der Waals surface area contributed by atoms with E-state index >= 15 is 0 Å². The second kappa shape index (κ2) is 9.72. The molecule has 4 rings (SSSR count). The van der Waals surface area contributed by atoms with Crippen molar-refractivity contribution in [3.8, 4) is 11.4 Å². The molecule has 6 heteroatoms. The predicted octanol–water partition coefficient (Wildman–Crippen LogP) is 5.33. The summed E-state index contributed by atoms with van der Waals surface area (Å²) in [5.74, 6) is 0.192. The fourth-order valence-corrected chi connectivity index (χ4v) is 4.09. The number of carbonyl (C=O) groups is 2. The van der Waals surface area contributed by atoms with Gasteiger partial charge in [0.05, 0.1) is 5.69 Å². The van der Waals surface area contributed by atoms with Crippen LogP contribution in [0.1, 0.15) is 58.2 Å². The van der Waals surface area contributed by atoms with E-state index in [1.807, 2.05) is 6.92 Å². The second-order valence-corrected chi connectivity index (χ2v) is 10.1. The molecule has 2 N–H and O–H groups in total. The molecule has 6 nitrogen and oxygen atoms in total. The van der Waals surface area contributed by atoms with Crippen molar-refractivity contribution in [2.24, 2.45) is 11.3 Å². The summed E-state index contributed by atoms with van der Waals surface area (Å²) in [7, 11) is 4.13. The Labute approximate surface area is 190 Å². The van der Waals surface area contributed by atoms with Crippen molar-refractivity contribution in [3.63, 3.8) is 0 Å². The molecule has 0 bridgehead atoms. The first-order valence-electron chi connectivity index (χ1n) is 11.4. The lowest BCUT2D eigenvalue weighted by molar-refractivity contribution is -0.117. The summed E-state index contributed by atoms with van der Waals surface area (Å²) < 4.78 is 0. The number of benzene rings is 1. The SMILES string of the molecule is CC(=O)CC[C@@H](C)C=O.CN(C)c1ccc2cc(-c3n[nH]c4c3CCC(C)(C)C4)[nH]c2c1. The van der Waals surface area contributed by atoms with Gasteiger partial charge in [-0.2, -0.15) is 5.10 Å². The number of H-pyrrole nitrogens is 2. The first kappa shape index (κ1) is 23.8. The first-order chi connectivity index (χ1) is 15.1. The normalized spacial score (nSPS) is 15.4. The van der Waals surface area contributed by atoms with E-state index in [0.717, 1.165) is 30.5 Å². The van der Waals surface area contributed by atoms with Crippen LogP contribution in [0.5, 0.6) is 0 Å². The first-order valence-corrected chi connectivity index (χ1v) is 11.4. The number of fused-ring (bicyclic) bond motifs is 2. The van der Waals surface area contributed by atoms with Crippen LogP contribution >= 0.6 is 0 Å². The van der Waals surface area contributed by atoms with Crippen LogP contribution in [0.4, 0.5) is 5.69 Å². The molecule has 0 unspecified atom stereocenters. The highest BCUT2D eigenvalue weighted by Crippen LogP contribution is 2.38. The monoisotopic (exact) mass is 436 g/mol. The smallest absolute Gasteiger partial charge is 0.129 e. The van der Waals surface area contributed by atoms with Gasteiger partial charge in [0.15, 0.2) is 0 Å². The third-order valence-electron chi connectivity index (χ3n) is 6.22. The molecule has 0 spiro atoms. The lowest BCUT2D eigenvalue weighted by Crippen LogP contribution is -2.21. The number of aromatic amines is 2. The number of Topliss-reactive ketones (excluding diaryl/α,β-unsaturated/α-hetero) is 1. The molecule has 172 valence electrons. The molecular weight excluding hydrogens is 400 g/mol. The Balaban J connectivity index is 0.000000275. The molecule has 1 atom stereocenters. The van der Waals surface area contributed by atoms with Gasteiger partial charge in [-0.1, -0.05) is 26.8 Å². The van der Waals surface area contributed by atoms with E-state index in [9.17, 15) is 9.59 Å². The summed E-state index contributed by atoms with van der Waals surface area (Å²) in [6.45, 7) is 8.03. The van der Waals surface area contributed by atoms with Gasteiger partial charge in [0.2, 0.25) is 0 Å². The Kier molecular flexibility index (Phi) is 7.22. The average molecular weight is 437 g/mol. The van der Waals surface area contributed by atoms with E-state index in [0.29, 0.717) is 18.3 Å². The van der Waals surface area contributed by atoms with E-state index in [1.54, 1.807) is 0 Å². The molecule has 1 aliphatic rings. The van der Waals surface area contributed by atoms with Crippen LogP contribution < -0.4 is 4.90 Å². The van der Waals surface area contributed by atoms with Crippen LogP contribution in [0.15, 0.2) is 24.3 Å². The number of aromatic nitrogens is 3. The molecule has 0 radical (unpaired) electrons. The molecule has 0 aliphatic heterocycles. The topological polar surface area (TPSA) is 81.8 Å². The van der Waals surface area contributed by atoms with E-state index in [-0.39, 0.29) is 11.7 Å². The molecular formula is C26H36N4O2. The van der Waals surface area contributed by atoms with Gasteiger partial charge in [-0.3, -0.25) is 5.10 Å². The van der Waals surface area contributed by atoms with Gasteiger partial charge >= 0.3 is 0 Å². The van der Waals surface area contributed by atoms with Crippen molar-refractivity contribution in [2.75, 3.05) is 19.0 Å². The summed E-state index contributed by atoms with van der Waals surface area (Å²) in [6.07, 6.45) is 5.51. The fourth-order valence-electron chi connectivity index (χ4n) is 4.09. The van der Waals surface area contributed by atoms with Crippen molar-refractivity contribution in [3.05, 3.63) is 35.5 Å². The molecule has 2 heterocycles. The van der Waals surface area contributed by atoms with Gasteiger partial charge in [0, 0.05) is 54.3 Å². The van der Waals surface area contributed by atoms with Gasteiger partial charge in [-0.05, 0) is 56.2 Å². The van der Waals surface area contributed by atoms with Gasteiger partial charge in [0.25, 0.3) is 0 Å². The maximum absolute atomic E-state index is 10.3. The third kappa shape index (κ3) is 5.67. The third-order valence-corrected chi connectivity index (χ3v) is 6.22. The quantitative estimate of drug-likeness (QED) is 0.512. The van der Waals surface area contributed by atoms with Crippen molar-refractivity contribution in [2.45, 2.75) is 59.8 Å². The second-order valence-electron chi connectivity index (χ2n) is 10.1. The number of hydrogen-bond acceptors (Lipinski definition) is 4. The highest BCUT2D eigenvalue weighted by Gasteiger charge is 2.29. The van der Waals surface area contributed by atoms with Crippen molar-refractivity contribution < 1.29 is 9.59 Å². The number of anilines is 1. The Morgan fingerprint density at radius 1 is 1.28 bits per heavy atom. The molecule has 2 aromatic heterocycles. The van der Waals surface area contributed by atoms with Crippen LogP contribution in [-0.4, -0.2) is 41.3 Å². The van der Waals surface area contributed by atoms with Crippen molar-refractivity contribution >= 4 is 28.7 Å². The fraction of sp³-hybridized carbons (Fsp3) is 0.500. The maximum atomic E-state index is 10.3. The minimum absolute atomic E-state index is 0.0360. The number of nitrogens with one attached hydrogen (secondary N) is 2. The Morgan fingerprint density at radius 2 is 2.03 bits per heavy atom. The minimum Gasteiger partial charge on any atom is -0.378 e. The van der Waals surface area contributed by atoms with Crippen LogP contribution in [0.2, 0.25) is 0 Å².